The number of nitrogens with two attached hydrogens (primary N) is 2. The molecule has 0 spiro atoms. The molecule has 0 radical (unpaired) electrons. The predicted molar refractivity (Wildman–Crippen MR) is 66.9 cm³/mol. The monoisotopic (exact) mass is 246 g/mol. The first kappa shape index (κ1) is 12.0. The van der Waals surface area contributed by atoms with Gasteiger partial charge in [0.1, 0.15) is 6.61 Å². The maximum Gasteiger partial charge on any atom is 0.252 e. The number of nitrogens with zero attached hydrogens (tertiary/aromatic N) is 2. The van der Waals surface area contributed by atoms with Gasteiger partial charge in [0.25, 0.3) is 5.91 Å². The quantitative estimate of drug-likeness (QED) is 0.775. The van der Waals surface area contributed by atoms with Gasteiger partial charge in [0.15, 0.2) is 5.75 Å². The zero-order chi connectivity index (χ0) is 13.1. The molecule has 1 aromatic carbocycles. The maximum absolute atomic E-state index is 11.3. The normalized spacial score (nSPS) is 10.3. The minimum absolute atomic E-state index is 0.277. The van der Waals surface area contributed by atoms with Crippen LogP contribution in [-0.4, -0.2) is 15.7 Å². The topological polar surface area (TPSA) is 96.2 Å². The van der Waals surface area contributed by atoms with Gasteiger partial charge in [-0.05, 0) is 12.1 Å². The number of carbonyl (C=O) groups is 1. The second-order valence-electron chi connectivity index (χ2n) is 3.90. The Kier molecular flexibility index (Phi) is 3.18. The van der Waals surface area contributed by atoms with E-state index in [9.17, 15) is 4.79 Å². The molecule has 0 saturated carbocycles. The van der Waals surface area contributed by atoms with Gasteiger partial charge in [-0.15, -0.1) is 0 Å². The molecule has 0 aliphatic rings. The van der Waals surface area contributed by atoms with Gasteiger partial charge in [0, 0.05) is 18.8 Å². The summed E-state index contributed by atoms with van der Waals surface area (Å²) in [6.45, 7) is 0.280. The van der Waals surface area contributed by atoms with Gasteiger partial charge in [-0.25, -0.2) is 0 Å². The molecule has 0 atom stereocenters. The molecule has 94 valence electrons. The Morgan fingerprint density at radius 1 is 1.50 bits per heavy atom. The molecule has 6 nitrogen and oxygen atoms in total. The van der Waals surface area contributed by atoms with E-state index in [-0.39, 0.29) is 12.2 Å². The molecule has 1 heterocycles. The molecule has 18 heavy (non-hydrogen) atoms. The molecule has 0 fully saturated rings. The second kappa shape index (κ2) is 4.79. The van der Waals surface area contributed by atoms with Gasteiger partial charge in [0.2, 0.25) is 0 Å². The van der Waals surface area contributed by atoms with E-state index in [0.29, 0.717) is 11.4 Å². The fraction of sp³-hybridized carbons (Fsp3) is 0.167. The molecule has 1 amide bonds. The molecule has 6 heteroatoms. The van der Waals surface area contributed by atoms with Gasteiger partial charge in [-0.3, -0.25) is 9.48 Å². The summed E-state index contributed by atoms with van der Waals surface area (Å²) in [4.78, 5) is 11.3. The van der Waals surface area contributed by atoms with Crippen molar-refractivity contribution in [2.75, 3.05) is 5.73 Å². The average Bonchev–Trinajstić information content (AvgIpc) is 2.73. The molecule has 0 bridgehead atoms. The van der Waals surface area contributed by atoms with E-state index in [4.69, 9.17) is 16.2 Å². The van der Waals surface area contributed by atoms with Crippen molar-refractivity contribution in [1.29, 1.82) is 0 Å². The van der Waals surface area contributed by atoms with Crippen LogP contribution in [0.4, 0.5) is 5.69 Å². The van der Waals surface area contributed by atoms with Gasteiger partial charge in [0.05, 0.1) is 17.4 Å². The standard InChI is InChI=1S/C12H14N4O2/c1-16-6-8(5-15-16)7-18-11-9(12(14)17)3-2-4-10(11)13/h2-6H,7,13H2,1H3,(H2,14,17). The predicted octanol–water partition coefficient (Wildman–Crippen LogP) is 0.680. The van der Waals surface area contributed by atoms with Crippen LogP contribution in [-0.2, 0) is 13.7 Å². The summed E-state index contributed by atoms with van der Waals surface area (Å²) in [7, 11) is 1.81. The van der Waals surface area contributed by atoms with Crippen LogP contribution < -0.4 is 16.2 Å². The van der Waals surface area contributed by atoms with Crippen molar-refractivity contribution in [3.05, 3.63) is 41.7 Å². The van der Waals surface area contributed by atoms with E-state index >= 15 is 0 Å². The van der Waals surface area contributed by atoms with Gasteiger partial charge in [-0.2, -0.15) is 5.10 Å². The lowest BCUT2D eigenvalue weighted by atomic mass is 10.1. The van der Waals surface area contributed by atoms with Crippen molar-refractivity contribution in [1.82, 2.24) is 9.78 Å². The molecule has 0 aliphatic heterocycles. The Bertz CT molecular complexity index is 577. The number of primary amides is 1. The Morgan fingerprint density at radius 3 is 2.89 bits per heavy atom. The number of amides is 1. The maximum atomic E-state index is 11.3. The van der Waals surface area contributed by atoms with Crippen molar-refractivity contribution >= 4 is 11.6 Å². The number of hydrogen-bond acceptors (Lipinski definition) is 4. The lowest BCUT2D eigenvalue weighted by Gasteiger charge is -2.11. The molecule has 0 saturated heterocycles. The molecule has 0 unspecified atom stereocenters. The number of aromatic nitrogens is 2. The number of rotatable bonds is 4. The highest BCUT2D eigenvalue weighted by Crippen LogP contribution is 2.26. The van der Waals surface area contributed by atoms with Gasteiger partial charge < -0.3 is 16.2 Å². The van der Waals surface area contributed by atoms with Crippen molar-refractivity contribution in [2.45, 2.75) is 6.61 Å². The third-order valence-corrected chi connectivity index (χ3v) is 2.45. The van der Waals surface area contributed by atoms with Crippen LogP contribution in [0.15, 0.2) is 30.6 Å². The number of benzene rings is 1. The Balaban J connectivity index is 2.20. The zero-order valence-corrected chi connectivity index (χ0v) is 9.96. The Hall–Kier alpha value is -2.50. The lowest BCUT2D eigenvalue weighted by molar-refractivity contribution is 0.0996. The molecular weight excluding hydrogens is 232 g/mol. The highest BCUT2D eigenvalue weighted by atomic mass is 16.5. The minimum atomic E-state index is -0.566. The van der Waals surface area contributed by atoms with E-state index in [1.54, 1.807) is 29.1 Å². The van der Waals surface area contributed by atoms with Crippen molar-refractivity contribution in [2.24, 2.45) is 12.8 Å². The summed E-state index contributed by atoms with van der Waals surface area (Å²) >= 11 is 0. The van der Waals surface area contributed by atoms with Crippen LogP contribution in [0.1, 0.15) is 15.9 Å². The summed E-state index contributed by atoms with van der Waals surface area (Å²) in [5.74, 6) is -0.252. The summed E-state index contributed by atoms with van der Waals surface area (Å²) in [6, 6.07) is 4.90. The SMILES string of the molecule is Cn1cc(COc2c(N)cccc2C(N)=O)cn1. The average molecular weight is 246 g/mol. The van der Waals surface area contributed by atoms with Crippen LogP contribution in [0, 0.1) is 0 Å². The number of anilines is 1. The summed E-state index contributed by atoms with van der Waals surface area (Å²) in [6.07, 6.45) is 3.51. The lowest BCUT2D eigenvalue weighted by Crippen LogP contribution is -2.14. The highest BCUT2D eigenvalue weighted by Gasteiger charge is 2.12. The smallest absolute Gasteiger partial charge is 0.252 e. The third kappa shape index (κ3) is 2.42. The molecule has 1 aromatic heterocycles. The number of hydrogen-bond donors (Lipinski definition) is 2. The van der Waals surface area contributed by atoms with E-state index in [0.717, 1.165) is 5.56 Å². The van der Waals surface area contributed by atoms with E-state index in [1.807, 2.05) is 13.2 Å². The van der Waals surface area contributed by atoms with Crippen molar-refractivity contribution in [3.8, 4) is 5.75 Å². The first-order valence-corrected chi connectivity index (χ1v) is 5.36. The molecule has 2 rings (SSSR count). The largest absolute Gasteiger partial charge is 0.486 e. The first-order chi connectivity index (χ1) is 8.58. The zero-order valence-electron chi connectivity index (χ0n) is 9.96. The van der Waals surface area contributed by atoms with Gasteiger partial charge in [-0.1, -0.05) is 6.07 Å². The fourth-order valence-corrected chi connectivity index (χ4v) is 1.61. The van der Waals surface area contributed by atoms with E-state index < -0.39 is 5.91 Å². The van der Waals surface area contributed by atoms with Crippen LogP contribution in [0.3, 0.4) is 0 Å². The third-order valence-electron chi connectivity index (χ3n) is 2.45. The highest BCUT2D eigenvalue weighted by molar-refractivity contribution is 5.97. The fourth-order valence-electron chi connectivity index (χ4n) is 1.61. The van der Waals surface area contributed by atoms with Crippen LogP contribution in [0.25, 0.3) is 0 Å². The number of aryl methyl sites for hydroxylation is 1. The minimum Gasteiger partial charge on any atom is -0.486 e. The molecular formula is C12H14N4O2. The van der Waals surface area contributed by atoms with Crippen LogP contribution in [0.2, 0.25) is 0 Å². The molecule has 4 N–H and O–H groups in total. The van der Waals surface area contributed by atoms with Crippen molar-refractivity contribution in [3.63, 3.8) is 0 Å². The number of para-hydroxylation sites is 1. The second-order valence-corrected chi connectivity index (χ2v) is 3.90. The summed E-state index contributed by atoms with van der Waals surface area (Å²) in [5, 5.41) is 4.02. The van der Waals surface area contributed by atoms with Crippen LogP contribution >= 0.6 is 0 Å². The number of ether oxygens (including phenoxy) is 1. The van der Waals surface area contributed by atoms with Crippen LogP contribution in [0.5, 0.6) is 5.75 Å². The first-order valence-electron chi connectivity index (χ1n) is 5.36. The molecule has 0 aliphatic carbocycles. The Morgan fingerprint density at radius 2 is 2.28 bits per heavy atom. The summed E-state index contributed by atoms with van der Waals surface area (Å²) < 4.78 is 7.22. The summed E-state index contributed by atoms with van der Waals surface area (Å²) in [5.41, 5.74) is 12.6. The number of nitrogen functional groups attached to an aromatic ring is 1. The van der Waals surface area contributed by atoms with Crippen molar-refractivity contribution < 1.29 is 9.53 Å². The Labute approximate surface area is 104 Å². The molecule has 2 aromatic rings. The van der Waals surface area contributed by atoms with E-state index in [1.165, 1.54) is 0 Å². The number of carbonyl (C=O) groups excluding carboxylic acids is 1. The van der Waals surface area contributed by atoms with E-state index in [2.05, 4.69) is 5.10 Å². The van der Waals surface area contributed by atoms with Gasteiger partial charge >= 0.3 is 0 Å².